The average Bonchev–Trinajstić information content (AvgIpc) is 3.40. The van der Waals surface area contributed by atoms with Gasteiger partial charge in [-0.25, -0.2) is 9.59 Å². The van der Waals surface area contributed by atoms with Gasteiger partial charge in [0.05, 0.1) is 0 Å². The van der Waals surface area contributed by atoms with Crippen molar-refractivity contribution in [3.8, 4) is 11.1 Å². The Morgan fingerprint density at radius 2 is 1.73 bits per heavy atom. The van der Waals surface area contributed by atoms with E-state index in [9.17, 15) is 19.5 Å². The number of aliphatic carboxylic acids is 1. The topological polar surface area (TPSA) is 133 Å². The molecule has 2 aromatic carbocycles. The van der Waals surface area contributed by atoms with Crippen LogP contribution in [-0.2, 0) is 9.53 Å². The first-order valence-electron chi connectivity index (χ1n) is 10.7. The number of carbonyl (C=O) groups excluding carboxylic acids is 2. The lowest BCUT2D eigenvalue weighted by molar-refractivity contribution is -0.139. The molecule has 4 rings (SSSR count). The monoisotopic (exact) mass is 448 g/mol. The molecule has 170 valence electrons. The van der Waals surface area contributed by atoms with Crippen LogP contribution in [0.3, 0.4) is 0 Å². The fourth-order valence-electron chi connectivity index (χ4n) is 4.02. The Balaban J connectivity index is 1.36. The maximum absolute atomic E-state index is 12.4. The van der Waals surface area contributed by atoms with E-state index in [1.807, 2.05) is 43.3 Å². The highest BCUT2D eigenvalue weighted by atomic mass is 16.5. The quantitative estimate of drug-likeness (QED) is 0.415. The molecule has 1 aromatic heterocycles. The minimum atomic E-state index is -1.11. The molecule has 0 saturated heterocycles. The van der Waals surface area contributed by atoms with Gasteiger partial charge >= 0.3 is 12.1 Å². The van der Waals surface area contributed by atoms with E-state index in [4.69, 9.17) is 4.74 Å². The van der Waals surface area contributed by atoms with Crippen LogP contribution in [0.2, 0.25) is 0 Å². The van der Waals surface area contributed by atoms with E-state index in [1.165, 1.54) is 6.07 Å². The Labute approximate surface area is 190 Å². The van der Waals surface area contributed by atoms with Crippen LogP contribution in [0, 0.1) is 0 Å². The van der Waals surface area contributed by atoms with Gasteiger partial charge in [-0.1, -0.05) is 61.9 Å². The van der Waals surface area contributed by atoms with E-state index in [0.29, 0.717) is 12.8 Å². The van der Waals surface area contributed by atoms with Crippen molar-refractivity contribution in [2.45, 2.75) is 31.7 Å². The third-order valence-electron chi connectivity index (χ3n) is 5.58. The summed E-state index contributed by atoms with van der Waals surface area (Å²) < 4.78 is 5.46. The molecule has 0 radical (unpaired) electrons. The first kappa shape index (κ1) is 22.1. The third kappa shape index (κ3) is 4.72. The lowest BCUT2D eigenvalue weighted by Crippen LogP contribution is -2.40. The maximum atomic E-state index is 12.4. The van der Waals surface area contributed by atoms with Crippen LogP contribution in [0.5, 0.6) is 0 Å². The zero-order valence-electron chi connectivity index (χ0n) is 18.0. The van der Waals surface area contributed by atoms with Crippen LogP contribution < -0.4 is 10.6 Å². The Hall–Kier alpha value is -4.14. The number of nitrogens with one attached hydrogen (secondary N) is 3. The van der Waals surface area contributed by atoms with Crippen LogP contribution in [0.1, 0.15) is 47.3 Å². The zero-order chi connectivity index (χ0) is 23.4. The van der Waals surface area contributed by atoms with Crippen LogP contribution in [0.25, 0.3) is 11.1 Å². The molecule has 2 amide bonds. The number of aromatic nitrogens is 2. The molecule has 0 spiro atoms. The molecule has 3 aromatic rings. The highest BCUT2D eigenvalue weighted by Gasteiger charge is 2.29. The second kappa shape index (κ2) is 9.56. The zero-order valence-corrected chi connectivity index (χ0v) is 18.0. The molecule has 0 bridgehead atoms. The van der Waals surface area contributed by atoms with Gasteiger partial charge in [-0.2, -0.15) is 5.10 Å². The number of carbonyl (C=O) groups is 3. The summed E-state index contributed by atoms with van der Waals surface area (Å²) in [5.74, 6) is -1.71. The number of aromatic amines is 1. The van der Waals surface area contributed by atoms with Gasteiger partial charge in [-0.15, -0.1) is 0 Å². The standard InChI is InChI=1S/C24H24N4O5/c1-2-7-19(23(30)31)25-22(29)20-12-21(28-27-20)26-24(32)33-13-18-16-10-5-3-8-14(16)15-9-4-6-11-17(15)18/h3-6,8-12,18-19H,2,7,13H2,1H3,(H,25,29)(H,30,31)(H2,26,27,28,32). The Bertz CT molecular complexity index is 1140. The molecule has 4 N–H and O–H groups in total. The summed E-state index contributed by atoms with van der Waals surface area (Å²) >= 11 is 0. The lowest BCUT2D eigenvalue weighted by atomic mass is 9.98. The molecule has 9 nitrogen and oxygen atoms in total. The number of benzene rings is 2. The van der Waals surface area contributed by atoms with Gasteiger partial charge in [0.25, 0.3) is 5.91 Å². The second-order valence-electron chi connectivity index (χ2n) is 7.77. The largest absolute Gasteiger partial charge is 0.480 e. The molecule has 1 unspecified atom stereocenters. The highest BCUT2D eigenvalue weighted by molar-refractivity contribution is 5.96. The molecule has 9 heteroatoms. The van der Waals surface area contributed by atoms with Gasteiger partial charge in [0.2, 0.25) is 0 Å². The predicted molar refractivity (Wildman–Crippen MR) is 121 cm³/mol. The van der Waals surface area contributed by atoms with E-state index in [-0.39, 0.29) is 24.0 Å². The number of nitrogens with zero attached hydrogens (tertiary/aromatic N) is 1. The number of hydrogen-bond donors (Lipinski definition) is 4. The summed E-state index contributed by atoms with van der Waals surface area (Å²) in [6.07, 6.45) is 0.208. The fourth-order valence-corrected chi connectivity index (χ4v) is 4.02. The van der Waals surface area contributed by atoms with E-state index in [2.05, 4.69) is 33.0 Å². The van der Waals surface area contributed by atoms with Crippen LogP contribution in [-0.4, -0.2) is 45.9 Å². The molecular weight excluding hydrogens is 424 g/mol. The summed E-state index contributed by atoms with van der Waals surface area (Å²) in [5.41, 5.74) is 4.50. The van der Waals surface area contributed by atoms with Crippen molar-refractivity contribution in [2.75, 3.05) is 11.9 Å². The van der Waals surface area contributed by atoms with Crippen molar-refractivity contribution in [3.63, 3.8) is 0 Å². The van der Waals surface area contributed by atoms with E-state index in [1.54, 1.807) is 0 Å². The molecule has 1 aliphatic rings. The van der Waals surface area contributed by atoms with Crippen molar-refractivity contribution in [1.82, 2.24) is 15.5 Å². The van der Waals surface area contributed by atoms with Crippen molar-refractivity contribution in [3.05, 3.63) is 71.4 Å². The summed E-state index contributed by atoms with van der Waals surface area (Å²) in [5, 5.41) is 20.5. The molecular formula is C24H24N4O5. The van der Waals surface area contributed by atoms with Crippen LogP contribution in [0.4, 0.5) is 10.6 Å². The molecule has 0 aliphatic heterocycles. The fraction of sp³-hybridized carbons (Fsp3) is 0.250. The number of fused-ring (bicyclic) bond motifs is 3. The molecule has 0 fully saturated rings. The SMILES string of the molecule is CCCC(NC(=O)c1cc(NC(=O)OCC2c3ccccc3-c3ccccc32)n[nH]1)C(=O)O. The van der Waals surface area contributed by atoms with Gasteiger partial charge in [-0.3, -0.25) is 15.2 Å². The molecule has 33 heavy (non-hydrogen) atoms. The molecule has 1 atom stereocenters. The first-order chi connectivity index (χ1) is 16.0. The van der Waals surface area contributed by atoms with Gasteiger partial charge < -0.3 is 15.2 Å². The lowest BCUT2D eigenvalue weighted by Gasteiger charge is -2.14. The minimum absolute atomic E-state index is 0.0336. The van der Waals surface area contributed by atoms with E-state index < -0.39 is 24.0 Å². The van der Waals surface area contributed by atoms with Crippen molar-refractivity contribution >= 4 is 23.8 Å². The number of carboxylic acids is 1. The number of amides is 2. The number of hydrogen-bond acceptors (Lipinski definition) is 5. The van der Waals surface area contributed by atoms with E-state index >= 15 is 0 Å². The third-order valence-corrected chi connectivity index (χ3v) is 5.58. The van der Waals surface area contributed by atoms with Crippen LogP contribution in [0.15, 0.2) is 54.6 Å². The summed E-state index contributed by atoms with van der Waals surface area (Å²) in [4.78, 5) is 35.9. The van der Waals surface area contributed by atoms with E-state index in [0.717, 1.165) is 22.3 Å². The number of carboxylic acid groups (broad SMARTS) is 1. The second-order valence-corrected chi connectivity index (χ2v) is 7.77. The smallest absolute Gasteiger partial charge is 0.412 e. The van der Waals surface area contributed by atoms with Crippen LogP contribution >= 0.6 is 0 Å². The molecule has 0 saturated carbocycles. The Morgan fingerprint density at radius 3 is 2.33 bits per heavy atom. The van der Waals surface area contributed by atoms with Gasteiger partial charge in [0.1, 0.15) is 18.3 Å². The van der Waals surface area contributed by atoms with Gasteiger partial charge in [0, 0.05) is 12.0 Å². The molecule has 1 heterocycles. The number of rotatable bonds is 8. The molecule has 1 aliphatic carbocycles. The maximum Gasteiger partial charge on any atom is 0.412 e. The first-order valence-corrected chi connectivity index (χ1v) is 10.7. The van der Waals surface area contributed by atoms with Crippen molar-refractivity contribution in [1.29, 1.82) is 0 Å². The van der Waals surface area contributed by atoms with Crippen molar-refractivity contribution in [2.24, 2.45) is 0 Å². The number of ether oxygens (including phenoxy) is 1. The summed E-state index contributed by atoms with van der Waals surface area (Å²) in [6, 6.07) is 16.4. The predicted octanol–water partition coefficient (Wildman–Crippen LogP) is 3.75. The van der Waals surface area contributed by atoms with Crippen molar-refractivity contribution < 1.29 is 24.2 Å². The number of anilines is 1. The summed E-state index contributed by atoms with van der Waals surface area (Å²) in [7, 11) is 0. The average molecular weight is 448 g/mol. The Kier molecular flexibility index (Phi) is 6.39. The van der Waals surface area contributed by atoms with Gasteiger partial charge in [0.15, 0.2) is 5.82 Å². The minimum Gasteiger partial charge on any atom is -0.480 e. The Morgan fingerprint density at radius 1 is 1.09 bits per heavy atom. The summed E-state index contributed by atoms with van der Waals surface area (Å²) in [6.45, 7) is 1.98. The number of H-pyrrole nitrogens is 1. The highest BCUT2D eigenvalue weighted by Crippen LogP contribution is 2.44. The normalized spacial score (nSPS) is 13.0. The van der Waals surface area contributed by atoms with Gasteiger partial charge in [-0.05, 0) is 28.7 Å².